The highest BCUT2D eigenvalue weighted by Gasteiger charge is 2.30. The van der Waals surface area contributed by atoms with E-state index in [1.807, 2.05) is 0 Å². The molecule has 0 aliphatic carbocycles. The monoisotopic (exact) mass is 526 g/mol. The predicted octanol–water partition coefficient (Wildman–Crippen LogP) is -2.45. The second-order valence-corrected chi connectivity index (χ2v) is 8.58. The molecule has 3 amide bonds. The van der Waals surface area contributed by atoms with E-state index in [2.05, 4.69) is 25.9 Å². The molecule has 15 heteroatoms. The first-order valence-electron chi connectivity index (χ1n) is 12.1. The van der Waals surface area contributed by atoms with Gasteiger partial charge in [0, 0.05) is 18.3 Å². The molecule has 37 heavy (non-hydrogen) atoms. The van der Waals surface area contributed by atoms with Crippen LogP contribution in [-0.2, 0) is 30.4 Å². The molecule has 0 aliphatic heterocycles. The van der Waals surface area contributed by atoms with Crippen molar-refractivity contribution in [2.24, 2.45) is 17.2 Å². The van der Waals surface area contributed by atoms with Crippen molar-refractivity contribution in [1.82, 2.24) is 25.9 Å². The van der Waals surface area contributed by atoms with Gasteiger partial charge < -0.3 is 48.3 Å². The van der Waals surface area contributed by atoms with Crippen LogP contribution >= 0.6 is 0 Å². The van der Waals surface area contributed by atoms with E-state index in [4.69, 9.17) is 22.3 Å². The Bertz CT molecular complexity index is 880. The van der Waals surface area contributed by atoms with Gasteiger partial charge in [-0.2, -0.15) is 0 Å². The smallest absolute Gasteiger partial charge is 0.326 e. The Morgan fingerprint density at radius 2 is 1.38 bits per heavy atom. The normalized spacial score (nSPS) is 14.1. The third-order valence-electron chi connectivity index (χ3n) is 5.48. The Morgan fingerprint density at radius 1 is 0.838 bits per heavy atom. The van der Waals surface area contributed by atoms with Crippen LogP contribution in [0.3, 0.4) is 0 Å². The maximum absolute atomic E-state index is 13.2. The Labute approximate surface area is 214 Å². The molecule has 0 aliphatic rings. The molecule has 1 aromatic heterocycles. The van der Waals surface area contributed by atoms with Gasteiger partial charge >= 0.3 is 11.9 Å². The number of unbranched alkanes of at least 4 members (excludes halogenated alkanes) is 2. The van der Waals surface area contributed by atoms with Gasteiger partial charge in [-0.3, -0.25) is 19.2 Å². The number of amides is 3. The summed E-state index contributed by atoms with van der Waals surface area (Å²) in [6, 6.07) is -4.90. The van der Waals surface area contributed by atoms with E-state index >= 15 is 0 Å². The molecule has 1 rings (SSSR count). The molecule has 0 spiro atoms. The van der Waals surface area contributed by atoms with Gasteiger partial charge in [0.2, 0.25) is 17.7 Å². The van der Waals surface area contributed by atoms with Gasteiger partial charge in [-0.15, -0.1) is 0 Å². The molecule has 0 saturated carbocycles. The third kappa shape index (κ3) is 12.3. The van der Waals surface area contributed by atoms with Crippen molar-refractivity contribution in [2.45, 2.75) is 75.5 Å². The summed E-state index contributed by atoms with van der Waals surface area (Å²) < 4.78 is 0. The number of carbonyl (C=O) groups excluding carboxylic acids is 3. The Balaban J connectivity index is 3.02. The number of H-pyrrole nitrogens is 1. The molecule has 12 N–H and O–H groups in total. The van der Waals surface area contributed by atoms with E-state index in [0.29, 0.717) is 44.5 Å². The van der Waals surface area contributed by atoms with Crippen LogP contribution in [0.5, 0.6) is 0 Å². The quantitative estimate of drug-likeness (QED) is 0.0853. The Hall–Kier alpha value is -3.56. The van der Waals surface area contributed by atoms with E-state index in [-0.39, 0.29) is 19.3 Å². The number of hydrogen-bond acceptors (Lipinski definition) is 9. The SMILES string of the molecule is NCCCCC(NC(=O)C(CCCCN)NC(=O)C(Cc1cnc[nH]1)NC(=O)C(N)CC(=O)O)C(=O)O. The molecular formula is C22H38N8O7. The van der Waals surface area contributed by atoms with Gasteiger partial charge in [0.25, 0.3) is 0 Å². The molecule has 4 atom stereocenters. The standard InChI is InChI=1S/C22H38N8O7/c23-7-3-1-5-15(20(34)29-16(22(36)37)6-2-4-8-24)28-21(35)17(9-13-11-26-12-27-13)30-19(33)14(25)10-18(31)32/h11-12,14-17H,1-10,23-25H2,(H,26,27)(H,28,35)(H,29,34)(H,30,33)(H,31,32)(H,36,37). The zero-order valence-electron chi connectivity index (χ0n) is 20.7. The molecule has 0 fully saturated rings. The lowest BCUT2D eigenvalue weighted by atomic mass is 10.0. The van der Waals surface area contributed by atoms with E-state index in [9.17, 15) is 29.1 Å². The summed E-state index contributed by atoms with van der Waals surface area (Å²) in [4.78, 5) is 67.8. The molecular weight excluding hydrogens is 488 g/mol. The van der Waals surface area contributed by atoms with Crippen molar-refractivity contribution in [2.75, 3.05) is 13.1 Å². The lowest BCUT2D eigenvalue weighted by Crippen LogP contribution is -2.57. The number of imidazole rings is 1. The van der Waals surface area contributed by atoms with E-state index < -0.39 is 60.2 Å². The Kier molecular flexibility index (Phi) is 14.5. The number of carbonyl (C=O) groups is 5. The van der Waals surface area contributed by atoms with Crippen LogP contribution in [0, 0.1) is 0 Å². The highest BCUT2D eigenvalue weighted by molar-refractivity contribution is 5.94. The fourth-order valence-electron chi connectivity index (χ4n) is 3.44. The number of carboxylic acids is 2. The fraction of sp³-hybridized carbons (Fsp3) is 0.636. The summed E-state index contributed by atoms with van der Waals surface area (Å²) in [5.41, 5.74) is 17.1. The lowest BCUT2D eigenvalue weighted by molar-refractivity contribution is -0.142. The molecule has 15 nitrogen and oxygen atoms in total. The second-order valence-electron chi connectivity index (χ2n) is 8.58. The number of hydrogen-bond donors (Lipinski definition) is 9. The van der Waals surface area contributed by atoms with Crippen molar-refractivity contribution in [1.29, 1.82) is 0 Å². The van der Waals surface area contributed by atoms with Gasteiger partial charge in [0.15, 0.2) is 0 Å². The summed E-state index contributed by atoms with van der Waals surface area (Å²) in [5, 5.41) is 25.8. The summed E-state index contributed by atoms with van der Waals surface area (Å²) in [6.07, 6.45) is 4.59. The third-order valence-corrected chi connectivity index (χ3v) is 5.48. The van der Waals surface area contributed by atoms with Crippen molar-refractivity contribution < 1.29 is 34.2 Å². The van der Waals surface area contributed by atoms with Crippen molar-refractivity contribution in [3.05, 3.63) is 18.2 Å². The predicted molar refractivity (Wildman–Crippen MR) is 132 cm³/mol. The minimum absolute atomic E-state index is 0.0503. The average molecular weight is 527 g/mol. The zero-order chi connectivity index (χ0) is 27.8. The first-order chi connectivity index (χ1) is 17.6. The number of nitrogens with two attached hydrogens (primary N) is 3. The average Bonchev–Trinajstić information content (AvgIpc) is 3.35. The van der Waals surface area contributed by atoms with E-state index in [0.717, 1.165) is 0 Å². The van der Waals surface area contributed by atoms with Crippen molar-refractivity contribution in [3.63, 3.8) is 0 Å². The van der Waals surface area contributed by atoms with Gasteiger partial charge in [-0.25, -0.2) is 9.78 Å². The van der Waals surface area contributed by atoms with Gasteiger partial charge in [0.1, 0.15) is 18.1 Å². The van der Waals surface area contributed by atoms with Crippen LogP contribution in [0.1, 0.15) is 50.6 Å². The Morgan fingerprint density at radius 3 is 1.89 bits per heavy atom. The topological polar surface area (TPSA) is 269 Å². The summed E-state index contributed by atoms with van der Waals surface area (Å²) in [6.45, 7) is 0.747. The fourth-order valence-corrected chi connectivity index (χ4v) is 3.44. The summed E-state index contributed by atoms with van der Waals surface area (Å²) in [7, 11) is 0. The van der Waals surface area contributed by atoms with E-state index in [1.54, 1.807) is 0 Å². The molecule has 0 bridgehead atoms. The number of carboxylic acid groups (broad SMARTS) is 2. The number of nitrogens with zero attached hydrogens (tertiary/aromatic N) is 1. The second kappa shape index (κ2) is 17.0. The maximum Gasteiger partial charge on any atom is 0.326 e. The van der Waals surface area contributed by atoms with Crippen LogP contribution in [0.4, 0.5) is 0 Å². The molecule has 0 aromatic carbocycles. The van der Waals surface area contributed by atoms with Gasteiger partial charge in [-0.1, -0.05) is 0 Å². The number of aromatic amines is 1. The lowest BCUT2D eigenvalue weighted by Gasteiger charge is -2.25. The van der Waals surface area contributed by atoms with Gasteiger partial charge in [-0.05, 0) is 51.6 Å². The summed E-state index contributed by atoms with van der Waals surface area (Å²) in [5.74, 6) is -4.80. The highest BCUT2D eigenvalue weighted by atomic mass is 16.4. The number of rotatable bonds is 19. The molecule has 4 unspecified atom stereocenters. The number of aromatic nitrogens is 2. The number of nitrogens with one attached hydrogen (secondary N) is 4. The van der Waals surface area contributed by atoms with Crippen LogP contribution in [0.15, 0.2) is 12.5 Å². The van der Waals surface area contributed by atoms with E-state index in [1.165, 1.54) is 12.5 Å². The minimum atomic E-state index is -1.40. The molecule has 1 heterocycles. The van der Waals surface area contributed by atoms with Crippen LogP contribution in [0.25, 0.3) is 0 Å². The minimum Gasteiger partial charge on any atom is -0.481 e. The first kappa shape index (κ1) is 31.5. The molecule has 0 saturated heterocycles. The zero-order valence-corrected chi connectivity index (χ0v) is 20.7. The maximum atomic E-state index is 13.2. The molecule has 208 valence electrons. The van der Waals surface area contributed by atoms with Crippen molar-refractivity contribution >= 4 is 29.7 Å². The van der Waals surface area contributed by atoms with Crippen LogP contribution < -0.4 is 33.2 Å². The van der Waals surface area contributed by atoms with Crippen LogP contribution in [0.2, 0.25) is 0 Å². The highest BCUT2D eigenvalue weighted by Crippen LogP contribution is 2.07. The first-order valence-corrected chi connectivity index (χ1v) is 12.1. The molecule has 0 radical (unpaired) electrons. The van der Waals surface area contributed by atoms with Crippen LogP contribution in [-0.4, -0.2) is 87.1 Å². The largest absolute Gasteiger partial charge is 0.481 e. The van der Waals surface area contributed by atoms with Gasteiger partial charge in [0.05, 0.1) is 18.8 Å². The van der Waals surface area contributed by atoms with Crippen molar-refractivity contribution in [3.8, 4) is 0 Å². The number of aliphatic carboxylic acids is 2. The molecule has 1 aromatic rings. The summed E-state index contributed by atoms with van der Waals surface area (Å²) >= 11 is 0.